The minimum absolute atomic E-state index is 0.0144. The van der Waals surface area contributed by atoms with E-state index in [-0.39, 0.29) is 18.6 Å². The highest BCUT2D eigenvalue weighted by molar-refractivity contribution is 7.08. The van der Waals surface area contributed by atoms with Gasteiger partial charge in [-0.3, -0.25) is 4.79 Å². The van der Waals surface area contributed by atoms with Gasteiger partial charge in [-0.1, -0.05) is 0 Å². The molecule has 0 saturated carbocycles. The highest BCUT2D eigenvalue weighted by Crippen LogP contribution is 2.22. The summed E-state index contributed by atoms with van der Waals surface area (Å²) in [4.78, 5) is 14.1. The summed E-state index contributed by atoms with van der Waals surface area (Å²) >= 11 is 1.56. The number of aliphatic hydroxyl groups is 1. The molecule has 1 N–H and O–H groups in total. The molecule has 0 spiro atoms. The number of carbonyl (C=O) groups excluding carboxylic acids is 1. The summed E-state index contributed by atoms with van der Waals surface area (Å²) in [5, 5.41) is 13.2. The van der Waals surface area contributed by atoms with Gasteiger partial charge in [0.25, 0.3) is 5.91 Å². The summed E-state index contributed by atoms with van der Waals surface area (Å²) in [5.41, 5.74) is 1.84. The summed E-state index contributed by atoms with van der Waals surface area (Å²) < 4.78 is 0. The lowest BCUT2D eigenvalue weighted by molar-refractivity contribution is 0.0503. The fourth-order valence-corrected chi connectivity index (χ4v) is 3.01. The average molecular weight is 239 g/mol. The maximum atomic E-state index is 12.3. The lowest BCUT2D eigenvalue weighted by Crippen LogP contribution is -2.45. The Morgan fingerprint density at radius 3 is 3.00 bits per heavy atom. The maximum Gasteiger partial charge on any atom is 0.255 e. The van der Waals surface area contributed by atoms with Gasteiger partial charge < -0.3 is 10.0 Å². The monoisotopic (exact) mass is 239 g/mol. The first kappa shape index (κ1) is 11.6. The second kappa shape index (κ2) is 4.97. The van der Waals surface area contributed by atoms with E-state index in [4.69, 9.17) is 0 Å². The van der Waals surface area contributed by atoms with Crippen LogP contribution in [0.5, 0.6) is 0 Å². The van der Waals surface area contributed by atoms with Gasteiger partial charge in [-0.25, -0.2) is 0 Å². The molecule has 3 nitrogen and oxygen atoms in total. The number of aryl methyl sites for hydroxylation is 1. The molecule has 2 heterocycles. The highest BCUT2D eigenvalue weighted by atomic mass is 32.1. The van der Waals surface area contributed by atoms with Crippen molar-refractivity contribution in [1.82, 2.24) is 4.90 Å². The predicted molar refractivity (Wildman–Crippen MR) is 64.8 cm³/mol. The molecule has 1 saturated heterocycles. The van der Waals surface area contributed by atoms with Crippen LogP contribution >= 0.6 is 11.3 Å². The maximum absolute atomic E-state index is 12.3. The number of amides is 1. The summed E-state index contributed by atoms with van der Waals surface area (Å²) in [5.74, 6) is 0.0810. The number of aliphatic hydroxyl groups excluding tert-OH is 1. The van der Waals surface area contributed by atoms with Crippen molar-refractivity contribution in [3.8, 4) is 0 Å². The Labute approximate surface area is 99.7 Å². The standard InChI is InChI=1S/C12H17NO2S/c1-9-7-16-8-11(9)12(15)13-5-3-2-4-10(13)6-14/h7-8,10,14H,2-6H2,1H3. The predicted octanol–water partition coefficient (Wildman–Crippen LogP) is 2.04. The molecule has 1 aliphatic rings. The molecule has 16 heavy (non-hydrogen) atoms. The van der Waals surface area contributed by atoms with Crippen LogP contribution in [-0.2, 0) is 0 Å². The van der Waals surface area contributed by atoms with Crippen molar-refractivity contribution < 1.29 is 9.90 Å². The largest absolute Gasteiger partial charge is 0.394 e. The minimum Gasteiger partial charge on any atom is -0.394 e. The molecule has 0 aliphatic carbocycles. The molecular weight excluding hydrogens is 222 g/mol. The van der Waals surface area contributed by atoms with Gasteiger partial charge in [0.05, 0.1) is 18.2 Å². The molecule has 1 aliphatic heterocycles. The van der Waals surface area contributed by atoms with Crippen LogP contribution in [0.25, 0.3) is 0 Å². The molecular formula is C12H17NO2S. The third-order valence-electron chi connectivity index (χ3n) is 3.18. The van der Waals surface area contributed by atoms with Gasteiger partial charge in [-0.05, 0) is 37.1 Å². The summed E-state index contributed by atoms with van der Waals surface area (Å²) in [6.07, 6.45) is 3.08. The molecule has 88 valence electrons. The van der Waals surface area contributed by atoms with Gasteiger partial charge in [0.15, 0.2) is 0 Å². The van der Waals surface area contributed by atoms with Crippen LogP contribution in [0.1, 0.15) is 35.2 Å². The molecule has 4 heteroatoms. The number of hydrogen-bond acceptors (Lipinski definition) is 3. The molecule has 1 atom stereocenters. The number of carbonyl (C=O) groups is 1. The lowest BCUT2D eigenvalue weighted by atomic mass is 10.0. The zero-order valence-corrected chi connectivity index (χ0v) is 10.3. The van der Waals surface area contributed by atoms with E-state index in [1.54, 1.807) is 11.3 Å². The molecule has 0 aromatic carbocycles. The van der Waals surface area contributed by atoms with Gasteiger partial charge in [0.1, 0.15) is 0 Å². The molecule has 1 unspecified atom stereocenters. The van der Waals surface area contributed by atoms with Crippen molar-refractivity contribution in [2.45, 2.75) is 32.2 Å². The molecule has 1 aromatic rings. The van der Waals surface area contributed by atoms with Crippen LogP contribution in [0.3, 0.4) is 0 Å². The topological polar surface area (TPSA) is 40.5 Å². The van der Waals surface area contributed by atoms with Crippen LogP contribution in [0.2, 0.25) is 0 Å². The van der Waals surface area contributed by atoms with Crippen LogP contribution in [0.4, 0.5) is 0 Å². The van der Waals surface area contributed by atoms with E-state index in [1.165, 1.54) is 0 Å². The van der Waals surface area contributed by atoms with E-state index in [0.29, 0.717) is 0 Å². The average Bonchev–Trinajstić information content (AvgIpc) is 2.74. The van der Waals surface area contributed by atoms with Gasteiger partial charge in [-0.2, -0.15) is 11.3 Å². The van der Waals surface area contributed by atoms with Crippen molar-refractivity contribution in [2.75, 3.05) is 13.2 Å². The van der Waals surface area contributed by atoms with Crippen molar-refractivity contribution in [2.24, 2.45) is 0 Å². The Bertz CT molecular complexity index is 375. The number of thiophene rings is 1. The summed E-state index contributed by atoms with van der Waals surface area (Å²) in [6, 6.07) is 0.0144. The SMILES string of the molecule is Cc1cscc1C(=O)N1CCCCC1CO. The van der Waals surface area contributed by atoms with E-state index in [1.807, 2.05) is 22.6 Å². The third kappa shape index (κ3) is 2.13. The zero-order chi connectivity index (χ0) is 11.5. The number of piperidine rings is 1. The second-order valence-corrected chi connectivity index (χ2v) is 5.04. The zero-order valence-electron chi connectivity index (χ0n) is 9.48. The van der Waals surface area contributed by atoms with Crippen LogP contribution in [-0.4, -0.2) is 35.1 Å². The molecule has 1 amide bonds. The first-order valence-corrected chi connectivity index (χ1v) is 6.63. The normalized spacial score (nSPS) is 21.1. The second-order valence-electron chi connectivity index (χ2n) is 4.30. The van der Waals surface area contributed by atoms with Gasteiger partial charge in [0.2, 0.25) is 0 Å². The highest BCUT2D eigenvalue weighted by Gasteiger charge is 2.27. The van der Waals surface area contributed by atoms with E-state index in [2.05, 4.69) is 0 Å². The number of hydrogen-bond donors (Lipinski definition) is 1. The van der Waals surface area contributed by atoms with Crippen LogP contribution < -0.4 is 0 Å². The minimum atomic E-state index is 0.0144. The van der Waals surface area contributed by atoms with Gasteiger partial charge in [0, 0.05) is 11.9 Å². The van der Waals surface area contributed by atoms with Crippen molar-refractivity contribution in [3.05, 3.63) is 21.9 Å². The number of likely N-dealkylation sites (tertiary alicyclic amines) is 1. The van der Waals surface area contributed by atoms with E-state index >= 15 is 0 Å². The molecule has 0 bridgehead atoms. The van der Waals surface area contributed by atoms with E-state index < -0.39 is 0 Å². The molecule has 1 aromatic heterocycles. The molecule has 2 rings (SSSR count). The quantitative estimate of drug-likeness (QED) is 0.858. The Balaban J connectivity index is 2.17. The van der Waals surface area contributed by atoms with Crippen molar-refractivity contribution in [3.63, 3.8) is 0 Å². The Kier molecular flexibility index (Phi) is 3.61. The number of nitrogens with zero attached hydrogens (tertiary/aromatic N) is 1. The fourth-order valence-electron chi connectivity index (χ4n) is 2.19. The fraction of sp³-hybridized carbons (Fsp3) is 0.583. The summed E-state index contributed by atoms with van der Waals surface area (Å²) in [7, 11) is 0. The van der Waals surface area contributed by atoms with Crippen LogP contribution in [0, 0.1) is 6.92 Å². The lowest BCUT2D eigenvalue weighted by Gasteiger charge is -2.34. The van der Waals surface area contributed by atoms with Crippen LogP contribution in [0.15, 0.2) is 10.8 Å². The van der Waals surface area contributed by atoms with Crippen molar-refractivity contribution >= 4 is 17.2 Å². The Hall–Kier alpha value is -0.870. The summed E-state index contributed by atoms with van der Waals surface area (Å²) in [6.45, 7) is 2.82. The molecule has 1 fully saturated rings. The first-order valence-electron chi connectivity index (χ1n) is 5.68. The number of rotatable bonds is 2. The van der Waals surface area contributed by atoms with Gasteiger partial charge in [-0.15, -0.1) is 0 Å². The van der Waals surface area contributed by atoms with E-state index in [9.17, 15) is 9.90 Å². The third-order valence-corrected chi connectivity index (χ3v) is 4.05. The van der Waals surface area contributed by atoms with Crippen molar-refractivity contribution in [1.29, 1.82) is 0 Å². The van der Waals surface area contributed by atoms with E-state index in [0.717, 1.165) is 36.9 Å². The first-order chi connectivity index (χ1) is 7.74. The smallest absolute Gasteiger partial charge is 0.255 e. The molecule has 0 radical (unpaired) electrons. The Morgan fingerprint density at radius 2 is 2.38 bits per heavy atom. The Morgan fingerprint density at radius 1 is 1.56 bits per heavy atom. The van der Waals surface area contributed by atoms with Gasteiger partial charge >= 0.3 is 0 Å².